The van der Waals surface area contributed by atoms with Crippen LogP contribution in [0, 0.1) is 6.92 Å². The Balaban J connectivity index is 2.41. The first kappa shape index (κ1) is 12.8. The average molecular weight is 266 g/mol. The van der Waals surface area contributed by atoms with E-state index in [9.17, 15) is 5.11 Å². The molecule has 0 spiro atoms. The second kappa shape index (κ2) is 5.32. The van der Waals surface area contributed by atoms with Gasteiger partial charge in [-0.1, -0.05) is 4.49 Å². The molecular formula is C12H14N2O3S. The summed E-state index contributed by atoms with van der Waals surface area (Å²) in [6.07, 6.45) is -0.786. The molecule has 1 atom stereocenters. The summed E-state index contributed by atoms with van der Waals surface area (Å²) in [5, 5.41) is 14.2. The van der Waals surface area contributed by atoms with Crippen molar-refractivity contribution in [2.75, 3.05) is 14.2 Å². The maximum atomic E-state index is 10.3. The van der Waals surface area contributed by atoms with E-state index in [1.54, 1.807) is 32.4 Å². The van der Waals surface area contributed by atoms with E-state index in [1.807, 2.05) is 6.92 Å². The van der Waals surface area contributed by atoms with Crippen molar-refractivity contribution in [3.8, 4) is 11.5 Å². The molecule has 96 valence electrons. The van der Waals surface area contributed by atoms with Crippen LogP contribution in [-0.4, -0.2) is 28.9 Å². The van der Waals surface area contributed by atoms with E-state index in [4.69, 9.17) is 9.47 Å². The van der Waals surface area contributed by atoms with Crippen LogP contribution in [0.25, 0.3) is 0 Å². The molecule has 0 amide bonds. The van der Waals surface area contributed by atoms with Crippen LogP contribution in [0.3, 0.4) is 0 Å². The fourth-order valence-corrected chi connectivity index (χ4v) is 2.33. The van der Waals surface area contributed by atoms with E-state index < -0.39 is 6.10 Å². The standard InChI is InChI=1S/C12H14N2O3S/c1-7-12(18-14-13-7)11(15)9-5-4-8(16-2)6-10(9)17-3/h4-6,11,15H,1-3H3. The third kappa shape index (κ3) is 2.30. The lowest BCUT2D eigenvalue weighted by molar-refractivity contribution is 0.217. The Labute approximate surface area is 109 Å². The van der Waals surface area contributed by atoms with Gasteiger partial charge in [0.1, 0.15) is 17.6 Å². The predicted molar refractivity (Wildman–Crippen MR) is 68.3 cm³/mol. The Morgan fingerprint density at radius 1 is 1.28 bits per heavy atom. The number of hydrogen-bond acceptors (Lipinski definition) is 6. The normalized spacial score (nSPS) is 12.2. The number of rotatable bonds is 4. The zero-order valence-electron chi connectivity index (χ0n) is 10.4. The van der Waals surface area contributed by atoms with Gasteiger partial charge < -0.3 is 14.6 Å². The molecule has 1 aromatic heterocycles. The largest absolute Gasteiger partial charge is 0.497 e. The molecule has 0 fully saturated rings. The number of aromatic nitrogens is 2. The van der Waals surface area contributed by atoms with Crippen LogP contribution >= 0.6 is 11.5 Å². The quantitative estimate of drug-likeness (QED) is 0.916. The molecule has 5 nitrogen and oxygen atoms in total. The summed E-state index contributed by atoms with van der Waals surface area (Å²) >= 11 is 1.18. The van der Waals surface area contributed by atoms with Crippen molar-refractivity contribution < 1.29 is 14.6 Å². The molecule has 1 N–H and O–H groups in total. The van der Waals surface area contributed by atoms with Crippen LogP contribution in [0.1, 0.15) is 22.2 Å². The van der Waals surface area contributed by atoms with Crippen molar-refractivity contribution >= 4 is 11.5 Å². The van der Waals surface area contributed by atoms with Gasteiger partial charge in [-0.3, -0.25) is 0 Å². The van der Waals surface area contributed by atoms with Gasteiger partial charge in [-0.15, -0.1) is 5.10 Å². The van der Waals surface area contributed by atoms with Crippen molar-refractivity contribution in [1.29, 1.82) is 0 Å². The SMILES string of the molecule is COc1ccc(C(O)c2snnc2C)c(OC)c1. The summed E-state index contributed by atoms with van der Waals surface area (Å²) in [6.45, 7) is 1.82. The number of aliphatic hydroxyl groups is 1. The van der Waals surface area contributed by atoms with Crippen molar-refractivity contribution in [1.82, 2.24) is 9.59 Å². The summed E-state index contributed by atoms with van der Waals surface area (Å²) in [5.74, 6) is 1.26. The highest BCUT2D eigenvalue weighted by molar-refractivity contribution is 7.05. The third-order valence-electron chi connectivity index (χ3n) is 2.67. The Bertz CT molecular complexity index is 542. The lowest BCUT2D eigenvalue weighted by atomic mass is 10.1. The first-order valence-electron chi connectivity index (χ1n) is 5.36. The van der Waals surface area contributed by atoms with Gasteiger partial charge in [-0.05, 0) is 30.6 Å². The summed E-state index contributed by atoms with van der Waals surface area (Å²) in [6, 6.07) is 5.30. The van der Waals surface area contributed by atoms with E-state index in [0.717, 1.165) is 10.6 Å². The van der Waals surface area contributed by atoms with Crippen LogP contribution in [0.5, 0.6) is 11.5 Å². The van der Waals surface area contributed by atoms with Gasteiger partial charge >= 0.3 is 0 Å². The molecule has 0 aliphatic carbocycles. The number of methoxy groups -OCH3 is 2. The molecule has 1 heterocycles. The molecule has 2 rings (SSSR count). The number of ether oxygens (including phenoxy) is 2. The fourth-order valence-electron chi connectivity index (χ4n) is 1.67. The monoisotopic (exact) mass is 266 g/mol. The van der Waals surface area contributed by atoms with Crippen molar-refractivity contribution in [3.05, 3.63) is 34.3 Å². The third-order valence-corrected chi connectivity index (χ3v) is 3.55. The molecule has 1 unspecified atom stereocenters. The molecule has 6 heteroatoms. The number of nitrogens with zero attached hydrogens (tertiary/aromatic N) is 2. The van der Waals surface area contributed by atoms with Gasteiger partial charge in [0.2, 0.25) is 0 Å². The number of hydrogen-bond donors (Lipinski definition) is 1. The molecule has 1 aromatic carbocycles. The Kier molecular flexibility index (Phi) is 3.78. The minimum Gasteiger partial charge on any atom is -0.497 e. The zero-order valence-corrected chi connectivity index (χ0v) is 11.2. The highest BCUT2D eigenvalue weighted by Gasteiger charge is 2.20. The van der Waals surface area contributed by atoms with Crippen molar-refractivity contribution in [3.63, 3.8) is 0 Å². The molecule has 0 bridgehead atoms. The fraction of sp³-hybridized carbons (Fsp3) is 0.333. The second-order valence-corrected chi connectivity index (χ2v) is 4.52. The highest BCUT2D eigenvalue weighted by Crippen LogP contribution is 2.34. The van der Waals surface area contributed by atoms with Gasteiger partial charge in [0.05, 0.1) is 24.8 Å². The smallest absolute Gasteiger partial charge is 0.128 e. The maximum absolute atomic E-state index is 10.3. The summed E-state index contributed by atoms with van der Waals surface area (Å²) in [5.41, 5.74) is 1.40. The minimum atomic E-state index is -0.786. The number of aryl methyl sites for hydroxylation is 1. The van der Waals surface area contributed by atoms with E-state index in [0.29, 0.717) is 17.1 Å². The van der Waals surface area contributed by atoms with E-state index >= 15 is 0 Å². The second-order valence-electron chi connectivity index (χ2n) is 3.73. The molecule has 0 saturated heterocycles. The van der Waals surface area contributed by atoms with Crippen LogP contribution in [0.15, 0.2) is 18.2 Å². The van der Waals surface area contributed by atoms with Crippen LogP contribution in [0.4, 0.5) is 0 Å². The van der Waals surface area contributed by atoms with Gasteiger partial charge in [-0.25, -0.2) is 0 Å². The first-order valence-corrected chi connectivity index (χ1v) is 6.13. The first-order chi connectivity index (χ1) is 8.67. The van der Waals surface area contributed by atoms with Gasteiger partial charge in [0, 0.05) is 11.6 Å². The Morgan fingerprint density at radius 2 is 2.06 bits per heavy atom. The maximum Gasteiger partial charge on any atom is 0.128 e. The van der Waals surface area contributed by atoms with Crippen LogP contribution in [0.2, 0.25) is 0 Å². The summed E-state index contributed by atoms with van der Waals surface area (Å²) in [7, 11) is 3.14. The molecular weight excluding hydrogens is 252 g/mol. The molecule has 0 aliphatic heterocycles. The number of aliphatic hydroxyl groups excluding tert-OH is 1. The molecule has 2 aromatic rings. The summed E-state index contributed by atoms with van der Waals surface area (Å²) < 4.78 is 14.2. The van der Waals surface area contributed by atoms with Gasteiger partial charge in [0.25, 0.3) is 0 Å². The molecule has 0 radical (unpaired) electrons. The lowest BCUT2D eigenvalue weighted by Crippen LogP contribution is -2.02. The van der Waals surface area contributed by atoms with Crippen molar-refractivity contribution in [2.24, 2.45) is 0 Å². The Hall–Kier alpha value is -1.66. The topological polar surface area (TPSA) is 64.5 Å². The Morgan fingerprint density at radius 3 is 2.61 bits per heavy atom. The van der Waals surface area contributed by atoms with Crippen LogP contribution < -0.4 is 9.47 Å². The highest BCUT2D eigenvalue weighted by atomic mass is 32.1. The molecule has 0 saturated carbocycles. The zero-order chi connectivity index (χ0) is 13.1. The van der Waals surface area contributed by atoms with Gasteiger partial charge in [0.15, 0.2) is 0 Å². The van der Waals surface area contributed by atoms with E-state index in [2.05, 4.69) is 9.59 Å². The predicted octanol–water partition coefficient (Wildman–Crippen LogP) is 1.95. The minimum absolute atomic E-state index is 0.578. The van der Waals surface area contributed by atoms with E-state index in [1.165, 1.54) is 11.5 Å². The average Bonchev–Trinajstić information content (AvgIpc) is 2.83. The molecule has 18 heavy (non-hydrogen) atoms. The molecule has 0 aliphatic rings. The summed E-state index contributed by atoms with van der Waals surface area (Å²) in [4.78, 5) is 0.721. The van der Waals surface area contributed by atoms with E-state index in [-0.39, 0.29) is 0 Å². The van der Waals surface area contributed by atoms with Crippen molar-refractivity contribution in [2.45, 2.75) is 13.0 Å². The number of benzene rings is 1. The lowest BCUT2D eigenvalue weighted by Gasteiger charge is -2.14. The van der Waals surface area contributed by atoms with Crippen LogP contribution in [-0.2, 0) is 0 Å². The van der Waals surface area contributed by atoms with Gasteiger partial charge in [-0.2, -0.15) is 0 Å².